The maximum absolute atomic E-state index is 3.45. The maximum atomic E-state index is 3.45. The first-order chi connectivity index (χ1) is 8.15. The summed E-state index contributed by atoms with van der Waals surface area (Å²) in [5.74, 6) is 0. The van der Waals surface area contributed by atoms with E-state index in [9.17, 15) is 0 Å². The van der Waals surface area contributed by atoms with Crippen molar-refractivity contribution in [2.24, 2.45) is 0 Å². The van der Waals surface area contributed by atoms with Gasteiger partial charge >= 0.3 is 0 Å². The zero-order valence-electron chi connectivity index (χ0n) is 10.1. The van der Waals surface area contributed by atoms with Crippen molar-refractivity contribution in [1.82, 2.24) is 0 Å². The Hall–Kier alpha value is -1.03. The summed E-state index contributed by atoms with van der Waals surface area (Å²) >= 11 is 2.32. The summed E-state index contributed by atoms with van der Waals surface area (Å²) in [5, 5.41) is 3.45. The van der Waals surface area contributed by atoms with Crippen LogP contribution in [0.5, 0.6) is 0 Å². The molecule has 0 atom stereocenters. The minimum atomic E-state index is 0.883. The van der Waals surface area contributed by atoms with Gasteiger partial charge in [-0.15, -0.1) is 0 Å². The van der Waals surface area contributed by atoms with Crippen molar-refractivity contribution in [3.8, 4) is 0 Å². The van der Waals surface area contributed by atoms with Crippen LogP contribution in [0.1, 0.15) is 16.7 Å². The van der Waals surface area contributed by atoms with E-state index in [1.165, 1.54) is 25.9 Å². The monoisotopic (exact) mass is 337 g/mol. The molecule has 0 heterocycles. The van der Waals surface area contributed by atoms with E-state index >= 15 is 0 Å². The Morgan fingerprint density at radius 3 is 2.41 bits per heavy atom. The van der Waals surface area contributed by atoms with Gasteiger partial charge in [-0.1, -0.05) is 23.8 Å². The number of nitrogens with one attached hydrogen (secondary N) is 1. The van der Waals surface area contributed by atoms with Gasteiger partial charge in [-0.2, -0.15) is 0 Å². The zero-order valence-corrected chi connectivity index (χ0v) is 12.3. The molecule has 2 heteroatoms. The van der Waals surface area contributed by atoms with Crippen LogP contribution in [0.2, 0.25) is 0 Å². The standard InChI is InChI=1S/C15H16IN/c1-11-3-4-12(2)13(9-11)10-17-15-7-5-14(16)6-8-15/h3-9,17H,10H2,1-2H3. The predicted molar refractivity (Wildman–Crippen MR) is 82.4 cm³/mol. The fourth-order valence-electron chi connectivity index (χ4n) is 1.76. The second kappa shape index (κ2) is 5.54. The third-order valence-corrected chi connectivity index (χ3v) is 3.55. The van der Waals surface area contributed by atoms with Gasteiger partial charge in [-0.05, 0) is 71.8 Å². The van der Waals surface area contributed by atoms with Gasteiger partial charge in [0.2, 0.25) is 0 Å². The molecule has 0 aliphatic heterocycles. The Morgan fingerprint density at radius 2 is 1.71 bits per heavy atom. The summed E-state index contributed by atoms with van der Waals surface area (Å²) in [7, 11) is 0. The maximum Gasteiger partial charge on any atom is 0.0403 e. The molecule has 0 amide bonds. The molecule has 0 aromatic heterocycles. The number of rotatable bonds is 3. The number of hydrogen-bond donors (Lipinski definition) is 1. The molecule has 2 aromatic carbocycles. The molecule has 0 unspecified atom stereocenters. The third kappa shape index (κ3) is 3.46. The van der Waals surface area contributed by atoms with E-state index in [0.717, 1.165) is 6.54 Å². The van der Waals surface area contributed by atoms with Gasteiger partial charge in [-0.3, -0.25) is 0 Å². The quantitative estimate of drug-likeness (QED) is 0.812. The van der Waals surface area contributed by atoms with E-state index in [4.69, 9.17) is 0 Å². The SMILES string of the molecule is Cc1ccc(C)c(CNc2ccc(I)cc2)c1. The average molecular weight is 337 g/mol. The van der Waals surface area contributed by atoms with Gasteiger partial charge in [0.15, 0.2) is 0 Å². The van der Waals surface area contributed by atoms with Gasteiger partial charge in [0.25, 0.3) is 0 Å². The highest BCUT2D eigenvalue weighted by atomic mass is 127. The number of benzene rings is 2. The van der Waals surface area contributed by atoms with Crippen LogP contribution in [-0.4, -0.2) is 0 Å². The fourth-order valence-corrected chi connectivity index (χ4v) is 2.12. The largest absolute Gasteiger partial charge is 0.381 e. The molecular weight excluding hydrogens is 321 g/mol. The van der Waals surface area contributed by atoms with Gasteiger partial charge in [0, 0.05) is 15.8 Å². The number of halogens is 1. The Kier molecular flexibility index (Phi) is 4.05. The van der Waals surface area contributed by atoms with Gasteiger partial charge in [0.05, 0.1) is 0 Å². The van der Waals surface area contributed by atoms with E-state index in [1.54, 1.807) is 0 Å². The molecule has 0 spiro atoms. The number of aryl methyl sites for hydroxylation is 2. The normalized spacial score (nSPS) is 10.3. The summed E-state index contributed by atoms with van der Waals surface area (Å²) in [6.45, 7) is 5.17. The van der Waals surface area contributed by atoms with Crippen LogP contribution in [0.25, 0.3) is 0 Å². The molecule has 0 aliphatic rings. The number of hydrogen-bond acceptors (Lipinski definition) is 1. The van der Waals surface area contributed by atoms with Gasteiger partial charge < -0.3 is 5.32 Å². The van der Waals surface area contributed by atoms with Crippen molar-refractivity contribution >= 4 is 28.3 Å². The molecule has 0 bridgehead atoms. The Morgan fingerprint density at radius 1 is 1.00 bits per heavy atom. The van der Waals surface area contributed by atoms with Crippen molar-refractivity contribution < 1.29 is 0 Å². The summed E-state index contributed by atoms with van der Waals surface area (Å²) in [6, 6.07) is 15.1. The first kappa shape index (κ1) is 12.4. The molecule has 0 radical (unpaired) electrons. The molecule has 0 saturated heterocycles. The molecule has 1 N–H and O–H groups in total. The van der Waals surface area contributed by atoms with Crippen molar-refractivity contribution in [3.05, 3.63) is 62.7 Å². The highest BCUT2D eigenvalue weighted by molar-refractivity contribution is 14.1. The fraction of sp³-hybridized carbons (Fsp3) is 0.200. The first-order valence-electron chi connectivity index (χ1n) is 5.71. The summed E-state index contributed by atoms with van der Waals surface area (Å²) in [5.41, 5.74) is 5.19. The zero-order chi connectivity index (χ0) is 12.3. The summed E-state index contributed by atoms with van der Waals surface area (Å²) in [4.78, 5) is 0. The van der Waals surface area contributed by atoms with Crippen molar-refractivity contribution in [2.75, 3.05) is 5.32 Å². The van der Waals surface area contributed by atoms with Crippen LogP contribution in [0.4, 0.5) is 5.69 Å². The lowest BCUT2D eigenvalue weighted by Gasteiger charge is -2.10. The van der Waals surface area contributed by atoms with Crippen molar-refractivity contribution in [3.63, 3.8) is 0 Å². The van der Waals surface area contributed by atoms with Crippen LogP contribution >= 0.6 is 22.6 Å². The second-order valence-corrected chi connectivity index (χ2v) is 5.54. The average Bonchev–Trinajstić information content (AvgIpc) is 2.32. The van der Waals surface area contributed by atoms with Crippen molar-refractivity contribution in [1.29, 1.82) is 0 Å². The highest BCUT2D eigenvalue weighted by Crippen LogP contribution is 2.15. The molecule has 88 valence electrons. The molecule has 0 fully saturated rings. The Balaban J connectivity index is 2.07. The molecule has 17 heavy (non-hydrogen) atoms. The Bertz CT molecular complexity index is 503. The van der Waals surface area contributed by atoms with Crippen LogP contribution in [0, 0.1) is 17.4 Å². The molecule has 2 rings (SSSR count). The van der Waals surface area contributed by atoms with Crippen LogP contribution in [0.3, 0.4) is 0 Å². The van der Waals surface area contributed by atoms with E-state index in [-0.39, 0.29) is 0 Å². The van der Waals surface area contributed by atoms with Crippen LogP contribution < -0.4 is 5.32 Å². The lowest BCUT2D eigenvalue weighted by atomic mass is 10.1. The predicted octanol–water partition coefficient (Wildman–Crippen LogP) is 4.52. The van der Waals surface area contributed by atoms with Crippen LogP contribution in [-0.2, 0) is 6.54 Å². The molecule has 1 nitrogen and oxygen atoms in total. The Labute approximate surface area is 116 Å². The first-order valence-corrected chi connectivity index (χ1v) is 6.78. The molecule has 0 saturated carbocycles. The second-order valence-electron chi connectivity index (χ2n) is 4.29. The molecular formula is C15H16IN. The summed E-state index contributed by atoms with van der Waals surface area (Å²) in [6.07, 6.45) is 0. The van der Waals surface area contributed by atoms with E-state index in [1.807, 2.05) is 0 Å². The third-order valence-electron chi connectivity index (χ3n) is 2.83. The lowest BCUT2D eigenvalue weighted by Crippen LogP contribution is -2.01. The lowest BCUT2D eigenvalue weighted by molar-refractivity contribution is 1.11. The van der Waals surface area contributed by atoms with Crippen molar-refractivity contribution in [2.45, 2.75) is 20.4 Å². The summed E-state index contributed by atoms with van der Waals surface area (Å²) < 4.78 is 1.26. The van der Waals surface area contributed by atoms with Gasteiger partial charge in [-0.25, -0.2) is 0 Å². The van der Waals surface area contributed by atoms with E-state index in [2.05, 4.69) is 84.2 Å². The van der Waals surface area contributed by atoms with E-state index in [0.29, 0.717) is 0 Å². The van der Waals surface area contributed by atoms with Crippen LogP contribution in [0.15, 0.2) is 42.5 Å². The number of anilines is 1. The highest BCUT2D eigenvalue weighted by Gasteiger charge is 1.99. The minimum Gasteiger partial charge on any atom is -0.381 e. The molecule has 2 aromatic rings. The molecule has 0 aliphatic carbocycles. The topological polar surface area (TPSA) is 12.0 Å². The smallest absolute Gasteiger partial charge is 0.0403 e. The minimum absolute atomic E-state index is 0.883. The van der Waals surface area contributed by atoms with E-state index < -0.39 is 0 Å². The van der Waals surface area contributed by atoms with Gasteiger partial charge in [0.1, 0.15) is 0 Å².